The van der Waals surface area contributed by atoms with Crippen molar-refractivity contribution < 1.29 is 44.8 Å². The van der Waals surface area contributed by atoms with Crippen LogP contribution in [0.3, 0.4) is 0 Å². The predicted octanol–water partition coefficient (Wildman–Crippen LogP) is -2.09. The first-order chi connectivity index (χ1) is 3.81. The molecule has 0 saturated heterocycles. The van der Waals surface area contributed by atoms with E-state index in [0.29, 0.717) is 6.42 Å². The first kappa shape index (κ1) is 12.3. The fourth-order valence-electron chi connectivity index (χ4n) is 0.371. The topological polar surface area (TPSA) is 26.3 Å². The van der Waals surface area contributed by atoms with Gasteiger partial charge in [-0.15, -0.1) is 0 Å². The second-order valence-corrected chi connectivity index (χ2v) is 3.02. The van der Waals surface area contributed by atoms with Crippen molar-refractivity contribution >= 4 is 5.97 Å². The summed E-state index contributed by atoms with van der Waals surface area (Å²) in [5, 5.41) is 1.18. The molecule has 0 saturated carbocycles. The average Bonchev–Trinajstić information content (AvgIpc) is 1.83. The second-order valence-electron chi connectivity index (χ2n) is 1.53. The molecule has 0 heterocycles. The van der Waals surface area contributed by atoms with Gasteiger partial charge in [0.25, 0.3) is 0 Å². The molecule has 0 rings (SSSR count). The van der Waals surface area contributed by atoms with Crippen LogP contribution in [0.15, 0.2) is 0 Å². The van der Waals surface area contributed by atoms with Crippen LogP contribution in [0.4, 0.5) is 0 Å². The van der Waals surface area contributed by atoms with Crippen LogP contribution in [-0.2, 0) is 27.8 Å². The van der Waals surface area contributed by atoms with Crippen molar-refractivity contribution in [2.45, 2.75) is 17.9 Å². The molecule has 0 bridgehead atoms. The minimum absolute atomic E-state index is 0. The van der Waals surface area contributed by atoms with Crippen molar-refractivity contribution in [2.24, 2.45) is 0 Å². The first-order valence-corrected chi connectivity index (χ1v) is 4.77. The van der Waals surface area contributed by atoms with E-state index in [-0.39, 0.29) is 23.0 Å². The molecule has 4 heteroatoms. The van der Waals surface area contributed by atoms with E-state index in [1.165, 1.54) is 30.4 Å². The van der Waals surface area contributed by atoms with Gasteiger partial charge in [0.1, 0.15) is 0 Å². The molecule has 0 aromatic rings. The van der Waals surface area contributed by atoms with Gasteiger partial charge in [0.05, 0.1) is 0 Å². The summed E-state index contributed by atoms with van der Waals surface area (Å²) in [4.78, 5) is 10.4. The third-order valence-electron chi connectivity index (χ3n) is 0.859. The predicted molar refractivity (Wildman–Crippen MR) is 26.1 cm³/mol. The minimum Gasteiger partial charge on any atom is -1.00 e. The normalized spacial score (nSPS) is 7.89. The number of ether oxygens (including phenoxy) is 1. The zero-order valence-corrected chi connectivity index (χ0v) is 10.1. The number of carbonyl (C=O) groups is 1. The number of carbonyl (C=O) groups excluding carboxylic acids is 1. The Bertz CT molecular complexity index is 77.4. The summed E-state index contributed by atoms with van der Waals surface area (Å²) in [5.74, 6) is -0.0848. The van der Waals surface area contributed by atoms with Crippen molar-refractivity contribution in [1.82, 2.24) is 0 Å². The largest absolute Gasteiger partial charge is 1.00 e. The maximum absolute atomic E-state index is 10.4. The second kappa shape index (κ2) is 8.57. The third kappa shape index (κ3) is 8.57. The van der Waals surface area contributed by atoms with Gasteiger partial charge < -0.3 is 17.0 Å². The van der Waals surface area contributed by atoms with Gasteiger partial charge in [-0.1, -0.05) is 0 Å². The molecule has 0 radical (unpaired) electrons. The summed E-state index contributed by atoms with van der Waals surface area (Å²) in [6.45, 7) is 0. The van der Waals surface area contributed by atoms with E-state index in [0.717, 1.165) is 6.42 Å². The first-order valence-electron chi connectivity index (χ1n) is 2.67. The molecular weight excluding hydrogens is 237 g/mol. The molecule has 0 fully saturated rings. The Hall–Kier alpha value is 0.573. The van der Waals surface area contributed by atoms with E-state index in [1.54, 1.807) is 0 Å². The van der Waals surface area contributed by atoms with Crippen LogP contribution < -0.4 is 17.0 Å². The summed E-state index contributed by atoms with van der Waals surface area (Å²) < 4.78 is 4.43. The molecule has 0 aliphatic heterocycles. The molecule has 0 spiro atoms. The summed E-state index contributed by atoms with van der Waals surface area (Å²) >= 11 is 1.27. The molecule has 0 atom stereocenters. The molecular formula is C5H9BrO2Zn. The third-order valence-corrected chi connectivity index (χ3v) is 1.91. The number of rotatable bonds is 3. The SMILES string of the molecule is COC(=O)CC[CH2][Zn+].[Br-]. The number of esters is 1. The van der Waals surface area contributed by atoms with E-state index in [2.05, 4.69) is 4.74 Å². The van der Waals surface area contributed by atoms with Crippen LogP contribution in [0.5, 0.6) is 0 Å². The fourth-order valence-corrected chi connectivity index (χ4v) is 0.896. The number of halogens is 1. The Morgan fingerprint density at radius 3 is 2.56 bits per heavy atom. The van der Waals surface area contributed by atoms with Crippen LogP contribution in [-0.4, -0.2) is 13.1 Å². The van der Waals surface area contributed by atoms with Gasteiger partial charge in [-0.2, -0.15) is 0 Å². The van der Waals surface area contributed by atoms with Crippen LogP contribution >= 0.6 is 0 Å². The number of hydrogen-bond acceptors (Lipinski definition) is 2. The van der Waals surface area contributed by atoms with E-state index in [4.69, 9.17) is 0 Å². The van der Waals surface area contributed by atoms with Crippen molar-refractivity contribution in [1.29, 1.82) is 0 Å². The van der Waals surface area contributed by atoms with Crippen LogP contribution in [0.2, 0.25) is 5.02 Å². The van der Waals surface area contributed by atoms with Crippen molar-refractivity contribution in [2.75, 3.05) is 7.11 Å². The van der Waals surface area contributed by atoms with E-state index >= 15 is 0 Å². The van der Waals surface area contributed by atoms with Crippen LogP contribution in [0, 0.1) is 0 Å². The molecule has 50 valence electrons. The summed E-state index contributed by atoms with van der Waals surface area (Å²) in [6.07, 6.45) is 1.59. The molecule has 9 heavy (non-hydrogen) atoms. The van der Waals surface area contributed by atoms with E-state index < -0.39 is 0 Å². The number of methoxy groups -OCH3 is 1. The summed E-state index contributed by atoms with van der Waals surface area (Å²) in [7, 11) is 1.42. The van der Waals surface area contributed by atoms with Gasteiger partial charge in [-0.05, 0) is 0 Å². The molecule has 0 aromatic carbocycles. The monoisotopic (exact) mass is 244 g/mol. The number of hydrogen-bond donors (Lipinski definition) is 0. The van der Waals surface area contributed by atoms with Gasteiger partial charge in [-0.25, -0.2) is 0 Å². The smallest absolute Gasteiger partial charge is 1.00 e. The van der Waals surface area contributed by atoms with Gasteiger partial charge >= 0.3 is 58.8 Å². The Morgan fingerprint density at radius 2 is 2.22 bits per heavy atom. The zero-order chi connectivity index (χ0) is 6.41. The molecule has 0 N–H and O–H groups in total. The van der Waals surface area contributed by atoms with E-state index in [1.807, 2.05) is 0 Å². The Balaban J connectivity index is 0. The van der Waals surface area contributed by atoms with Gasteiger partial charge in [0, 0.05) is 0 Å². The minimum atomic E-state index is -0.0848. The molecule has 0 aromatic heterocycles. The molecule has 0 amide bonds. The quantitative estimate of drug-likeness (QED) is 0.422. The molecule has 0 aliphatic rings. The maximum Gasteiger partial charge on any atom is -1.00 e. The van der Waals surface area contributed by atoms with Gasteiger partial charge in [0.2, 0.25) is 0 Å². The Labute approximate surface area is 75.8 Å². The van der Waals surface area contributed by atoms with Crippen molar-refractivity contribution in [3.63, 3.8) is 0 Å². The van der Waals surface area contributed by atoms with Gasteiger partial charge in [0.15, 0.2) is 0 Å². The van der Waals surface area contributed by atoms with E-state index in [9.17, 15) is 4.79 Å². The molecule has 2 nitrogen and oxygen atoms in total. The standard InChI is InChI=1S/C5H9O2.BrH.Zn/c1-3-4-5(6)7-2;;/h1,3-4H2,2H3;1H;/q;;+1/p-1. The van der Waals surface area contributed by atoms with Crippen molar-refractivity contribution in [3.05, 3.63) is 0 Å². The Morgan fingerprint density at radius 1 is 1.67 bits per heavy atom. The fraction of sp³-hybridized carbons (Fsp3) is 0.800. The summed E-state index contributed by atoms with van der Waals surface area (Å²) in [6, 6.07) is 0. The molecule has 0 aliphatic carbocycles. The van der Waals surface area contributed by atoms with Crippen LogP contribution in [0.25, 0.3) is 0 Å². The molecule has 0 unspecified atom stereocenters. The maximum atomic E-state index is 10.4. The summed E-state index contributed by atoms with van der Waals surface area (Å²) in [5.41, 5.74) is 0. The average molecular weight is 246 g/mol. The Kier molecular flexibility index (Phi) is 11.7. The zero-order valence-electron chi connectivity index (χ0n) is 5.52. The van der Waals surface area contributed by atoms with Crippen molar-refractivity contribution in [3.8, 4) is 0 Å². The van der Waals surface area contributed by atoms with Gasteiger partial charge in [-0.3, -0.25) is 0 Å². The van der Waals surface area contributed by atoms with Crippen LogP contribution in [0.1, 0.15) is 12.8 Å².